The molecule has 2 heteroatoms. The van der Waals surface area contributed by atoms with Gasteiger partial charge in [-0.2, -0.15) is 0 Å². The summed E-state index contributed by atoms with van der Waals surface area (Å²) < 4.78 is 5.03. The van der Waals surface area contributed by atoms with Gasteiger partial charge >= 0.3 is 0 Å². The minimum absolute atomic E-state index is 0.217. The zero-order chi connectivity index (χ0) is 9.68. The highest BCUT2D eigenvalue weighted by atomic mass is 16.5. The number of allylic oxidation sites excluding steroid dienone is 1. The quantitative estimate of drug-likeness (QED) is 0.678. The van der Waals surface area contributed by atoms with Gasteiger partial charge in [-0.25, -0.2) is 0 Å². The van der Waals surface area contributed by atoms with E-state index in [2.05, 4.69) is 6.08 Å². The molecule has 0 radical (unpaired) electrons. The van der Waals surface area contributed by atoms with Crippen molar-refractivity contribution in [1.29, 1.82) is 0 Å². The predicted octanol–water partition coefficient (Wildman–Crippen LogP) is 2.13. The Hall–Kier alpha value is -0.340. The molecule has 0 aromatic carbocycles. The van der Waals surface area contributed by atoms with Crippen LogP contribution in [0.4, 0.5) is 0 Å². The molecule has 0 bridgehead atoms. The zero-order valence-corrected chi connectivity index (χ0v) is 8.62. The van der Waals surface area contributed by atoms with Crippen molar-refractivity contribution >= 4 is 0 Å². The number of ether oxygens (including phenoxy) is 1. The van der Waals surface area contributed by atoms with Gasteiger partial charge in [0.05, 0.1) is 12.7 Å². The molecule has 2 unspecified atom stereocenters. The second-order valence-corrected chi connectivity index (χ2v) is 3.90. The fraction of sp³-hybridized carbons (Fsp3) is 0.818. The van der Waals surface area contributed by atoms with Gasteiger partial charge in [-0.15, -0.1) is 0 Å². The first-order chi connectivity index (χ1) is 6.25. The third kappa shape index (κ3) is 3.12. The van der Waals surface area contributed by atoms with Gasteiger partial charge in [0.25, 0.3) is 0 Å². The molecule has 13 heavy (non-hydrogen) atoms. The van der Waals surface area contributed by atoms with E-state index in [9.17, 15) is 5.11 Å². The summed E-state index contributed by atoms with van der Waals surface area (Å²) in [4.78, 5) is 0. The van der Waals surface area contributed by atoms with Crippen LogP contribution in [-0.4, -0.2) is 24.9 Å². The smallest absolute Gasteiger partial charge is 0.0797 e. The van der Waals surface area contributed by atoms with Crippen LogP contribution in [0.25, 0.3) is 0 Å². The molecule has 2 nitrogen and oxygen atoms in total. The van der Waals surface area contributed by atoms with Crippen LogP contribution in [-0.2, 0) is 4.74 Å². The van der Waals surface area contributed by atoms with E-state index < -0.39 is 0 Å². The van der Waals surface area contributed by atoms with Gasteiger partial charge in [0.1, 0.15) is 0 Å². The van der Waals surface area contributed by atoms with Crippen LogP contribution in [0.15, 0.2) is 11.6 Å². The molecule has 0 aromatic rings. The standard InChI is InChI=1S/C11H20O2/c1-9(8-13-2)11(12)10-6-4-3-5-7-10/h6,9,11-12H,3-5,7-8H2,1-2H3. The first kappa shape index (κ1) is 10.7. The fourth-order valence-electron chi connectivity index (χ4n) is 1.85. The SMILES string of the molecule is COCC(C)C(O)C1=CCCCC1. The Morgan fingerprint density at radius 3 is 2.85 bits per heavy atom. The Morgan fingerprint density at radius 1 is 1.54 bits per heavy atom. The minimum atomic E-state index is -0.291. The van der Waals surface area contributed by atoms with Gasteiger partial charge in [0.2, 0.25) is 0 Å². The third-order valence-corrected chi connectivity index (χ3v) is 2.67. The van der Waals surface area contributed by atoms with Crippen molar-refractivity contribution in [2.24, 2.45) is 5.92 Å². The Balaban J connectivity index is 2.44. The molecule has 0 heterocycles. The highest BCUT2D eigenvalue weighted by Gasteiger charge is 2.19. The Kier molecular flexibility index (Phi) is 4.46. The van der Waals surface area contributed by atoms with Crippen molar-refractivity contribution in [2.45, 2.75) is 38.7 Å². The number of aliphatic hydroxyl groups excluding tert-OH is 1. The maximum Gasteiger partial charge on any atom is 0.0797 e. The summed E-state index contributed by atoms with van der Waals surface area (Å²) in [5.41, 5.74) is 1.22. The average molecular weight is 184 g/mol. The van der Waals surface area contributed by atoms with Gasteiger partial charge in [-0.05, 0) is 31.3 Å². The number of hydrogen-bond acceptors (Lipinski definition) is 2. The van der Waals surface area contributed by atoms with Crippen LogP contribution in [0.5, 0.6) is 0 Å². The topological polar surface area (TPSA) is 29.5 Å². The number of aliphatic hydroxyl groups is 1. The molecule has 0 aromatic heterocycles. The summed E-state index contributed by atoms with van der Waals surface area (Å²) in [6.07, 6.45) is 6.60. The van der Waals surface area contributed by atoms with Crippen LogP contribution in [0.3, 0.4) is 0 Å². The molecule has 0 aliphatic heterocycles. The highest BCUT2D eigenvalue weighted by molar-refractivity contribution is 5.11. The van der Waals surface area contributed by atoms with Crippen LogP contribution < -0.4 is 0 Å². The van der Waals surface area contributed by atoms with Crippen LogP contribution in [0.1, 0.15) is 32.6 Å². The molecule has 1 aliphatic rings. The Labute approximate surface area is 80.6 Å². The molecule has 2 atom stereocenters. The summed E-state index contributed by atoms with van der Waals surface area (Å²) in [7, 11) is 1.68. The second kappa shape index (κ2) is 5.40. The normalized spacial score (nSPS) is 22.2. The van der Waals surface area contributed by atoms with Gasteiger partial charge in [0.15, 0.2) is 0 Å². The van der Waals surface area contributed by atoms with Crippen molar-refractivity contribution in [3.8, 4) is 0 Å². The lowest BCUT2D eigenvalue weighted by atomic mass is 9.90. The maximum absolute atomic E-state index is 9.93. The van der Waals surface area contributed by atoms with E-state index >= 15 is 0 Å². The van der Waals surface area contributed by atoms with E-state index in [1.54, 1.807) is 7.11 Å². The monoisotopic (exact) mass is 184 g/mol. The first-order valence-corrected chi connectivity index (χ1v) is 5.11. The Morgan fingerprint density at radius 2 is 2.31 bits per heavy atom. The van der Waals surface area contributed by atoms with Crippen molar-refractivity contribution in [2.75, 3.05) is 13.7 Å². The van der Waals surface area contributed by atoms with E-state index in [0.29, 0.717) is 6.61 Å². The number of methoxy groups -OCH3 is 1. The van der Waals surface area contributed by atoms with Gasteiger partial charge in [-0.1, -0.05) is 13.0 Å². The first-order valence-electron chi connectivity index (χ1n) is 5.11. The van der Waals surface area contributed by atoms with E-state index in [-0.39, 0.29) is 12.0 Å². The molecule has 76 valence electrons. The highest BCUT2D eigenvalue weighted by Crippen LogP contribution is 2.24. The largest absolute Gasteiger partial charge is 0.388 e. The van der Waals surface area contributed by atoms with Gasteiger partial charge in [0, 0.05) is 13.0 Å². The molecule has 0 saturated carbocycles. The molecule has 0 fully saturated rings. The van der Waals surface area contributed by atoms with Crippen molar-refractivity contribution in [3.05, 3.63) is 11.6 Å². The van der Waals surface area contributed by atoms with Crippen LogP contribution in [0.2, 0.25) is 0 Å². The van der Waals surface area contributed by atoms with E-state index in [0.717, 1.165) is 12.8 Å². The molecule has 1 rings (SSSR count). The van der Waals surface area contributed by atoms with E-state index in [1.807, 2.05) is 6.92 Å². The molecule has 0 spiro atoms. The number of hydrogen-bond donors (Lipinski definition) is 1. The summed E-state index contributed by atoms with van der Waals surface area (Å²) in [6, 6.07) is 0. The van der Waals surface area contributed by atoms with Gasteiger partial charge < -0.3 is 9.84 Å². The number of rotatable bonds is 4. The molecule has 0 saturated heterocycles. The average Bonchev–Trinajstić information content (AvgIpc) is 2.18. The fourth-order valence-corrected chi connectivity index (χ4v) is 1.85. The summed E-state index contributed by atoms with van der Waals surface area (Å²) in [6.45, 7) is 2.67. The maximum atomic E-state index is 9.93. The van der Waals surface area contributed by atoms with E-state index in [1.165, 1.54) is 18.4 Å². The lowest BCUT2D eigenvalue weighted by Gasteiger charge is -2.23. The summed E-state index contributed by atoms with van der Waals surface area (Å²) in [5.74, 6) is 0.217. The third-order valence-electron chi connectivity index (χ3n) is 2.67. The molecule has 0 amide bonds. The molecular formula is C11H20O2. The van der Waals surface area contributed by atoms with E-state index in [4.69, 9.17) is 4.74 Å². The molecule has 1 aliphatic carbocycles. The lowest BCUT2D eigenvalue weighted by Crippen LogP contribution is -2.24. The summed E-state index contributed by atoms with van der Waals surface area (Å²) in [5, 5.41) is 9.93. The van der Waals surface area contributed by atoms with Crippen molar-refractivity contribution < 1.29 is 9.84 Å². The van der Waals surface area contributed by atoms with Crippen molar-refractivity contribution in [3.63, 3.8) is 0 Å². The van der Waals surface area contributed by atoms with Gasteiger partial charge in [-0.3, -0.25) is 0 Å². The van der Waals surface area contributed by atoms with Crippen LogP contribution >= 0.6 is 0 Å². The summed E-state index contributed by atoms with van der Waals surface area (Å²) >= 11 is 0. The predicted molar refractivity (Wildman–Crippen MR) is 53.6 cm³/mol. The Bertz CT molecular complexity index is 175. The minimum Gasteiger partial charge on any atom is -0.388 e. The van der Waals surface area contributed by atoms with Crippen molar-refractivity contribution in [1.82, 2.24) is 0 Å². The lowest BCUT2D eigenvalue weighted by molar-refractivity contribution is 0.0749. The molecule has 1 N–H and O–H groups in total. The second-order valence-electron chi connectivity index (χ2n) is 3.90. The molecular weight excluding hydrogens is 164 g/mol. The zero-order valence-electron chi connectivity index (χ0n) is 8.62. The van der Waals surface area contributed by atoms with Crippen LogP contribution in [0, 0.1) is 5.92 Å².